The Morgan fingerprint density at radius 2 is 1.92 bits per heavy atom. The molecule has 1 aromatic rings. The molecule has 0 aromatic carbocycles. The highest BCUT2D eigenvalue weighted by molar-refractivity contribution is 14.0. The number of oxazole rings is 1. The molecule has 144 valence electrons. The van der Waals surface area contributed by atoms with Gasteiger partial charge < -0.3 is 15.1 Å². The normalized spacial score (nSPS) is 17.3. The minimum absolute atomic E-state index is 0. The quantitative estimate of drug-likeness (QED) is 0.408. The van der Waals surface area contributed by atoms with Gasteiger partial charge in [0.25, 0.3) is 0 Å². The first kappa shape index (κ1) is 22.2. The maximum Gasteiger partial charge on any atom is 0.208 e. The number of guanidine groups is 1. The minimum Gasteiger partial charge on any atom is -0.444 e. The molecule has 1 saturated heterocycles. The molecule has 1 fully saturated rings. The first-order valence-corrected chi connectivity index (χ1v) is 8.91. The molecular weight excluding hydrogens is 429 g/mol. The SMILES string of the molecule is CN=C(NCC1CCN(Cc2nc(C)c(C)o2)CC1)NC(C)(C)C.I. The summed E-state index contributed by atoms with van der Waals surface area (Å²) in [5.74, 6) is 3.35. The Labute approximate surface area is 169 Å². The van der Waals surface area contributed by atoms with Gasteiger partial charge in [0.15, 0.2) is 5.96 Å². The van der Waals surface area contributed by atoms with Crippen LogP contribution in [-0.2, 0) is 6.54 Å². The lowest BCUT2D eigenvalue weighted by Gasteiger charge is -2.32. The molecule has 0 spiro atoms. The Morgan fingerprint density at radius 3 is 2.40 bits per heavy atom. The first-order valence-electron chi connectivity index (χ1n) is 8.91. The van der Waals surface area contributed by atoms with Crippen LogP contribution >= 0.6 is 24.0 Å². The fraction of sp³-hybridized carbons (Fsp3) is 0.778. The van der Waals surface area contributed by atoms with Crippen molar-refractivity contribution >= 4 is 29.9 Å². The van der Waals surface area contributed by atoms with Gasteiger partial charge in [-0.1, -0.05) is 0 Å². The molecule has 1 aliphatic heterocycles. The molecule has 0 bridgehead atoms. The van der Waals surface area contributed by atoms with Gasteiger partial charge in [-0.05, 0) is 66.5 Å². The van der Waals surface area contributed by atoms with Gasteiger partial charge in [-0.15, -0.1) is 24.0 Å². The van der Waals surface area contributed by atoms with Crippen LogP contribution < -0.4 is 10.6 Å². The summed E-state index contributed by atoms with van der Waals surface area (Å²) in [6.45, 7) is 14.4. The van der Waals surface area contributed by atoms with Crippen molar-refractivity contribution in [1.82, 2.24) is 20.5 Å². The number of nitrogens with zero attached hydrogens (tertiary/aromatic N) is 3. The van der Waals surface area contributed by atoms with Crippen molar-refractivity contribution in [3.05, 3.63) is 17.3 Å². The number of hydrogen-bond acceptors (Lipinski definition) is 4. The lowest BCUT2D eigenvalue weighted by Crippen LogP contribution is -2.49. The van der Waals surface area contributed by atoms with E-state index in [4.69, 9.17) is 4.42 Å². The number of nitrogens with one attached hydrogen (secondary N) is 2. The van der Waals surface area contributed by atoms with E-state index < -0.39 is 0 Å². The van der Waals surface area contributed by atoms with E-state index in [1.54, 1.807) is 0 Å². The maximum absolute atomic E-state index is 5.69. The second-order valence-corrected chi connectivity index (χ2v) is 7.80. The van der Waals surface area contributed by atoms with Gasteiger partial charge in [0.2, 0.25) is 5.89 Å². The topological polar surface area (TPSA) is 65.7 Å². The summed E-state index contributed by atoms with van der Waals surface area (Å²) in [5, 5.41) is 6.86. The summed E-state index contributed by atoms with van der Waals surface area (Å²) in [6, 6.07) is 0. The first-order chi connectivity index (χ1) is 11.3. The van der Waals surface area contributed by atoms with E-state index in [0.717, 1.165) is 49.5 Å². The predicted octanol–water partition coefficient (Wildman–Crippen LogP) is 3.08. The van der Waals surface area contributed by atoms with E-state index in [9.17, 15) is 0 Å². The third-order valence-electron chi connectivity index (χ3n) is 4.41. The summed E-state index contributed by atoms with van der Waals surface area (Å²) < 4.78 is 5.69. The van der Waals surface area contributed by atoms with Crippen LogP contribution in [0, 0.1) is 19.8 Å². The zero-order valence-electron chi connectivity index (χ0n) is 16.5. The predicted molar refractivity (Wildman–Crippen MR) is 114 cm³/mol. The fourth-order valence-corrected chi connectivity index (χ4v) is 2.92. The molecule has 0 aliphatic carbocycles. The van der Waals surface area contributed by atoms with Gasteiger partial charge in [0.05, 0.1) is 12.2 Å². The molecule has 2 heterocycles. The van der Waals surface area contributed by atoms with Crippen LogP contribution in [-0.4, -0.2) is 48.1 Å². The number of piperidine rings is 1. The van der Waals surface area contributed by atoms with Gasteiger partial charge in [-0.2, -0.15) is 0 Å². The van der Waals surface area contributed by atoms with Crippen molar-refractivity contribution in [2.45, 2.75) is 59.5 Å². The van der Waals surface area contributed by atoms with Crippen molar-refractivity contribution in [3.8, 4) is 0 Å². The summed E-state index contributed by atoms with van der Waals surface area (Å²) in [4.78, 5) is 11.2. The average Bonchev–Trinajstić information content (AvgIpc) is 2.82. The zero-order chi connectivity index (χ0) is 17.7. The fourth-order valence-electron chi connectivity index (χ4n) is 2.92. The largest absolute Gasteiger partial charge is 0.444 e. The standard InChI is InChI=1S/C18H33N5O.HI/c1-13-14(2)24-16(21-13)12-23-9-7-15(8-10-23)11-20-17(19-6)22-18(3,4)5;/h15H,7-12H2,1-6H3,(H2,19,20,22);1H. The van der Waals surface area contributed by atoms with Crippen LogP contribution in [0.1, 0.15) is 51.0 Å². The highest BCUT2D eigenvalue weighted by Crippen LogP contribution is 2.19. The Kier molecular flexibility index (Phi) is 8.67. The Morgan fingerprint density at radius 1 is 1.28 bits per heavy atom. The van der Waals surface area contributed by atoms with E-state index in [-0.39, 0.29) is 29.5 Å². The molecule has 0 saturated carbocycles. The van der Waals surface area contributed by atoms with Crippen molar-refractivity contribution in [2.24, 2.45) is 10.9 Å². The second-order valence-electron chi connectivity index (χ2n) is 7.80. The van der Waals surface area contributed by atoms with Gasteiger partial charge in [0.1, 0.15) is 5.76 Å². The Balaban J connectivity index is 0.00000312. The van der Waals surface area contributed by atoms with Crippen LogP contribution in [0.15, 0.2) is 9.41 Å². The molecule has 0 atom stereocenters. The maximum atomic E-state index is 5.69. The van der Waals surface area contributed by atoms with Gasteiger partial charge in [-0.3, -0.25) is 9.89 Å². The molecule has 1 aromatic heterocycles. The number of aliphatic imine (C=N–C) groups is 1. The summed E-state index contributed by atoms with van der Waals surface area (Å²) in [5.41, 5.74) is 1.03. The Bertz CT molecular complexity index is 537. The number of aryl methyl sites for hydroxylation is 2. The van der Waals surface area contributed by atoms with Crippen LogP contribution in [0.5, 0.6) is 0 Å². The average molecular weight is 463 g/mol. The Hall–Kier alpha value is -0.830. The third kappa shape index (κ3) is 7.52. The number of rotatable bonds is 4. The number of likely N-dealkylation sites (tertiary alicyclic amines) is 1. The molecule has 6 nitrogen and oxygen atoms in total. The van der Waals surface area contributed by atoms with E-state index in [1.807, 2.05) is 20.9 Å². The van der Waals surface area contributed by atoms with Gasteiger partial charge in [-0.25, -0.2) is 4.98 Å². The zero-order valence-corrected chi connectivity index (χ0v) is 18.8. The van der Waals surface area contributed by atoms with E-state index in [0.29, 0.717) is 5.92 Å². The van der Waals surface area contributed by atoms with Crippen LogP contribution in [0.4, 0.5) is 0 Å². The lowest BCUT2D eigenvalue weighted by atomic mass is 9.97. The smallest absolute Gasteiger partial charge is 0.208 e. The molecule has 2 N–H and O–H groups in total. The number of hydrogen-bond donors (Lipinski definition) is 2. The monoisotopic (exact) mass is 463 g/mol. The third-order valence-corrected chi connectivity index (χ3v) is 4.41. The molecule has 25 heavy (non-hydrogen) atoms. The second kappa shape index (κ2) is 9.75. The van der Waals surface area contributed by atoms with Crippen LogP contribution in [0.2, 0.25) is 0 Å². The van der Waals surface area contributed by atoms with Crippen molar-refractivity contribution in [2.75, 3.05) is 26.7 Å². The van der Waals surface area contributed by atoms with E-state index in [2.05, 4.69) is 46.3 Å². The van der Waals surface area contributed by atoms with E-state index in [1.165, 1.54) is 12.8 Å². The number of aromatic nitrogens is 1. The van der Waals surface area contributed by atoms with Crippen LogP contribution in [0.25, 0.3) is 0 Å². The molecule has 1 aliphatic rings. The van der Waals surface area contributed by atoms with Gasteiger partial charge >= 0.3 is 0 Å². The van der Waals surface area contributed by atoms with Crippen molar-refractivity contribution in [1.29, 1.82) is 0 Å². The van der Waals surface area contributed by atoms with Crippen molar-refractivity contribution < 1.29 is 4.42 Å². The van der Waals surface area contributed by atoms with E-state index >= 15 is 0 Å². The number of halogens is 1. The van der Waals surface area contributed by atoms with Gasteiger partial charge in [0, 0.05) is 19.1 Å². The molecule has 0 radical (unpaired) electrons. The summed E-state index contributed by atoms with van der Waals surface area (Å²) in [7, 11) is 1.82. The molecule has 2 rings (SSSR count). The highest BCUT2D eigenvalue weighted by Gasteiger charge is 2.21. The lowest BCUT2D eigenvalue weighted by molar-refractivity contribution is 0.164. The minimum atomic E-state index is 0. The summed E-state index contributed by atoms with van der Waals surface area (Å²) in [6.07, 6.45) is 2.39. The molecule has 0 amide bonds. The molecule has 0 unspecified atom stereocenters. The highest BCUT2D eigenvalue weighted by atomic mass is 127. The molecular formula is C18H34IN5O. The van der Waals surface area contributed by atoms with Crippen LogP contribution in [0.3, 0.4) is 0 Å². The molecule has 7 heteroatoms. The van der Waals surface area contributed by atoms with Crippen molar-refractivity contribution in [3.63, 3.8) is 0 Å². The summed E-state index contributed by atoms with van der Waals surface area (Å²) >= 11 is 0.